The fraction of sp³-hybridized carbons (Fsp3) is 0.267. The second-order valence-electron chi connectivity index (χ2n) is 4.76. The van der Waals surface area contributed by atoms with E-state index in [1.165, 1.54) is 0 Å². The molecular weight excluding hydrogens is 228 g/mol. The summed E-state index contributed by atoms with van der Waals surface area (Å²) < 4.78 is 0. The highest BCUT2D eigenvalue weighted by Gasteiger charge is 2.20. The van der Waals surface area contributed by atoms with Gasteiger partial charge in [-0.25, -0.2) is 4.79 Å². The molecule has 0 unspecified atom stereocenters. The molecule has 3 nitrogen and oxygen atoms in total. The van der Waals surface area contributed by atoms with Crippen molar-refractivity contribution in [3.63, 3.8) is 0 Å². The van der Waals surface area contributed by atoms with Crippen LogP contribution in [0.15, 0.2) is 48.7 Å². The molecule has 1 aromatic rings. The van der Waals surface area contributed by atoms with Crippen LogP contribution in [0.25, 0.3) is 6.08 Å². The monoisotopic (exact) mass is 248 g/mol. The SMILES string of the molecule is C=C(C(=O)O)C(C)(C)C.OC=Cc1ccccc1. The first-order valence-electron chi connectivity index (χ1n) is 5.57. The summed E-state index contributed by atoms with van der Waals surface area (Å²) in [4.78, 5) is 10.2. The van der Waals surface area contributed by atoms with Gasteiger partial charge in [0.25, 0.3) is 0 Å². The predicted octanol–water partition coefficient (Wildman–Crippen LogP) is 3.89. The highest BCUT2D eigenvalue weighted by atomic mass is 16.4. The van der Waals surface area contributed by atoms with Crippen molar-refractivity contribution in [2.24, 2.45) is 5.41 Å². The molecule has 0 fully saturated rings. The van der Waals surface area contributed by atoms with Crippen molar-refractivity contribution in [2.45, 2.75) is 20.8 Å². The number of carboxylic acid groups (broad SMARTS) is 1. The Morgan fingerprint density at radius 3 is 2.00 bits per heavy atom. The molecule has 3 heteroatoms. The summed E-state index contributed by atoms with van der Waals surface area (Å²) in [5.74, 6) is -0.914. The highest BCUT2D eigenvalue weighted by molar-refractivity contribution is 5.87. The molecule has 0 aromatic heterocycles. The molecule has 0 aliphatic rings. The molecule has 2 N–H and O–H groups in total. The largest absolute Gasteiger partial charge is 0.516 e. The van der Waals surface area contributed by atoms with Crippen molar-refractivity contribution in [3.05, 3.63) is 54.3 Å². The van der Waals surface area contributed by atoms with Gasteiger partial charge in [0.2, 0.25) is 0 Å². The summed E-state index contributed by atoms with van der Waals surface area (Å²) in [6, 6.07) is 9.64. The number of hydrogen-bond acceptors (Lipinski definition) is 2. The molecular formula is C15H20O3. The van der Waals surface area contributed by atoms with E-state index in [1.807, 2.05) is 51.1 Å². The maximum atomic E-state index is 10.2. The Hall–Kier alpha value is -2.03. The molecule has 0 saturated heterocycles. The summed E-state index contributed by atoms with van der Waals surface area (Å²) >= 11 is 0. The fourth-order valence-electron chi connectivity index (χ4n) is 0.971. The average Bonchev–Trinajstić information content (AvgIpc) is 2.29. The minimum absolute atomic E-state index is 0.252. The van der Waals surface area contributed by atoms with Crippen LogP contribution >= 0.6 is 0 Å². The van der Waals surface area contributed by atoms with Crippen LogP contribution in [0.4, 0.5) is 0 Å². The molecule has 98 valence electrons. The Morgan fingerprint density at radius 2 is 1.72 bits per heavy atom. The quantitative estimate of drug-likeness (QED) is 0.616. The summed E-state index contributed by atoms with van der Waals surface area (Å²) in [5, 5.41) is 16.8. The van der Waals surface area contributed by atoms with E-state index >= 15 is 0 Å². The number of aliphatic hydroxyl groups is 1. The lowest BCUT2D eigenvalue weighted by Crippen LogP contribution is -2.15. The zero-order valence-electron chi connectivity index (χ0n) is 11.1. The lowest BCUT2D eigenvalue weighted by atomic mass is 9.88. The van der Waals surface area contributed by atoms with Gasteiger partial charge in [0, 0.05) is 5.57 Å². The molecule has 0 aliphatic heterocycles. The molecule has 1 aromatic carbocycles. The van der Waals surface area contributed by atoms with E-state index in [0.717, 1.165) is 11.8 Å². The molecule has 0 saturated carbocycles. The van der Waals surface area contributed by atoms with Gasteiger partial charge in [0.1, 0.15) is 0 Å². The second kappa shape index (κ2) is 7.33. The standard InChI is InChI=1S/C8H8O.C7H12O2/c9-7-6-8-4-2-1-3-5-8;1-5(6(8)9)7(2,3)4/h1-7,9H;1H2,2-4H3,(H,8,9). The third-order valence-corrected chi connectivity index (χ3v) is 2.23. The van der Waals surface area contributed by atoms with Gasteiger partial charge in [0.15, 0.2) is 0 Å². The first-order valence-corrected chi connectivity index (χ1v) is 5.57. The molecule has 0 atom stereocenters. The van der Waals surface area contributed by atoms with Crippen molar-refractivity contribution < 1.29 is 15.0 Å². The zero-order chi connectivity index (χ0) is 14.2. The van der Waals surface area contributed by atoms with Gasteiger partial charge in [0.05, 0.1) is 6.26 Å². The predicted molar refractivity (Wildman–Crippen MR) is 74.3 cm³/mol. The minimum Gasteiger partial charge on any atom is -0.516 e. The smallest absolute Gasteiger partial charge is 0.331 e. The molecule has 0 amide bonds. The van der Waals surface area contributed by atoms with E-state index in [4.69, 9.17) is 10.2 Å². The molecule has 0 heterocycles. The Kier molecular flexibility index (Phi) is 6.50. The van der Waals surface area contributed by atoms with Crippen molar-refractivity contribution in [2.75, 3.05) is 0 Å². The number of hydrogen-bond donors (Lipinski definition) is 2. The maximum absolute atomic E-state index is 10.2. The average molecular weight is 248 g/mol. The van der Waals surface area contributed by atoms with E-state index in [2.05, 4.69) is 6.58 Å². The van der Waals surface area contributed by atoms with E-state index < -0.39 is 5.97 Å². The number of carboxylic acids is 1. The van der Waals surface area contributed by atoms with Gasteiger partial charge in [-0.05, 0) is 17.1 Å². The normalized spacial score (nSPS) is 10.6. The number of carbonyl (C=O) groups is 1. The molecule has 1 rings (SSSR count). The van der Waals surface area contributed by atoms with Crippen LogP contribution in [0.2, 0.25) is 0 Å². The third-order valence-electron chi connectivity index (χ3n) is 2.23. The molecule has 0 aliphatic carbocycles. The molecule has 18 heavy (non-hydrogen) atoms. The first kappa shape index (κ1) is 16.0. The fourth-order valence-corrected chi connectivity index (χ4v) is 0.971. The van der Waals surface area contributed by atoms with Crippen molar-refractivity contribution in [3.8, 4) is 0 Å². The topological polar surface area (TPSA) is 57.5 Å². The van der Waals surface area contributed by atoms with Gasteiger partial charge in [-0.15, -0.1) is 0 Å². The van der Waals surface area contributed by atoms with Crippen LogP contribution in [0, 0.1) is 5.41 Å². The van der Waals surface area contributed by atoms with Gasteiger partial charge in [-0.1, -0.05) is 57.7 Å². The number of aliphatic hydroxyl groups excluding tert-OH is 1. The second-order valence-corrected chi connectivity index (χ2v) is 4.76. The van der Waals surface area contributed by atoms with E-state index in [1.54, 1.807) is 6.08 Å². The molecule has 0 radical (unpaired) electrons. The third kappa shape index (κ3) is 6.53. The van der Waals surface area contributed by atoms with Crippen LogP contribution < -0.4 is 0 Å². The molecule has 0 spiro atoms. The van der Waals surface area contributed by atoms with Crippen LogP contribution in [0.1, 0.15) is 26.3 Å². The number of aliphatic carboxylic acids is 1. The Balaban J connectivity index is 0.000000321. The number of benzene rings is 1. The number of rotatable bonds is 2. The first-order chi connectivity index (χ1) is 8.29. The van der Waals surface area contributed by atoms with E-state index in [0.29, 0.717) is 0 Å². The summed E-state index contributed by atoms with van der Waals surface area (Å²) in [7, 11) is 0. The summed E-state index contributed by atoms with van der Waals surface area (Å²) in [6.07, 6.45) is 2.68. The lowest BCUT2D eigenvalue weighted by molar-refractivity contribution is -0.133. The Morgan fingerprint density at radius 1 is 1.22 bits per heavy atom. The van der Waals surface area contributed by atoms with Crippen LogP contribution in [0.5, 0.6) is 0 Å². The van der Waals surface area contributed by atoms with Gasteiger partial charge in [-0.2, -0.15) is 0 Å². The van der Waals surface area contributed by atoms with Crippen molar-refractivity contribution in [1.29, 1.82) is 0 Å². The maximum Gasteiger partial charge on any atom is 0.331 e. The Bertz CT molecular complexity index is 411. The summed E-state index contributed by atoms with van der Waals surface area (Å²) in [5.41, 5.74) is 0.953. The van der Waals surface area contributed by atoms with Crippen LogP contribution in [-0.2, 0) is 4.79 Å². The van der Waals surface area contributed by atoms with Gasteiger partial charge >= 0.3 is 5.97 Å². The summed E-state index contributed by atoms with van der Waals surface area (Å²) in [6.45, 7) is 8.89. The van der Waals surface area contributed by atoms with Crippen LogP contribution in [-0.4, -0.2) is 16.2 Å². The molecule has 0 bridgehead atoms. The highest BCUT2D eigenvalue weighted by Crippen LogP contribution is 2.22. The van der Waals surface area contributed by atoms with Gasteiger partial charge < -0.3 is 10.2 Å². The van der Waals surface area contributed by atoms with Gasteiger partial charge in [-0.3, -0.25) is 0 Å². The Labute approximate surface area is 108 Å². The van der Waals surface area contributed by atoms with Crippen molar-refractivity contribution >= 4 is 12.0 Å². The van der Waals surface area contributed by atoms with E-state index in [-0.39, 0.29) is 11.0 Å². The van der Waals surface area contributed by atoms with Crippen molar-refractivity contribution in [1.82, 2.24) is 0 Å². The minimum atomic E-state index is -0.914. The van der Waals surface area contributed by atoms with Crippen LogP contribution in [0.3, 0.4) is 0 Å². The van der Waals surface area contributed by atoms with E-state index in [9.17, 15) is 4.79 Å². The lowest BCUT2D eigenvalue weighted by Gasteiger charge is -2.17. The zero-order valence-corrected chi connectivity index (χ0v) is 11.1.